The van der Waals surface area contributed by atoms with Crippen LogP contribution in [-0.4, -0.2) is 5.71 Å². The van der Waals surface area contributed by atoms with Crippen molar-refractivity contribution in [3.8, 4) is 0 Å². The second-order valence-corrected chi connectivity index (χ2v) is 2.52. The first-order valence-corrected chi connectivity index (χ1v) is 3.46. The predicted molar refractivity (Wildman–Crippen MR) is 35.4 cm³/mol. The van der Waals surface area contributed by atoms with Crippen LogP contribution in [0.2, 0.25) is 0 Å². The molecule has 0 aromatic heterocycles. The van der Waals surface area contributed by atoms with Gasteiger partial charge >= 0.3 is 0 Å². The zero-order chi connectivity index (χ0) is 5.82. The van der Waals surface area contributed by atoms with Gasteiger partial charge in [0.2, 0.25) is 0 Å². The van der Waals surface area contributed by atoms with Crippen LogP contribution < -0.4 is 0 Å². The third kappa shape index (κ3) is 3.69. The molecule has 9 heavy (non-hydrogen) atoms. The fraction of sp³-hybridized carbons (Fsp3) is 0.857. The molecule has 1 aliphatic carbocycles. The van der Waals surface area contributed by atoms with Crippen molar-refractivity contribution < 1.29 is 16.5 Å². The van der Waals surface area contributed by atoms with Gasteiger partial charge in [-0.2, -0.15) is 0 Å². The molecule has 0 aromatic carbocycles. The molecule has 1 nitrogen and oxygen atoms in total. The fourth-order valence-electron chi connectivity index (χ4n) is 1.16. The molecule has 0 radical (unpaired) electrons. The van der Waals surface area contributed by atoms with E-state index in [4.69, 9.17) is 5.41 Å². The molecule has 0 amide bonds. The fourth-order valence-corrected chi connectivity index (χ4v) is 1.16. The van der Waals surface area contributed by atoms with Crippen LogP contribution in [0.15, 0.2) is 0 Å². The Morgan fingerprint density at radius 3 is 1.78 bits per heavy atom. The van der Waals surface area contributed by atoms with E-state index in [1.165, 1.54) is 25.7 Å². The Morgan fingerprint density at radius 2 is 1.33 bits per heavy atom. The minimum atomic E-state index is 0. The van der Waals surface area contributed by atoms with Crippen LogP contribution in [0.4, 0.5) is 0 Å². The van der Waals surface area contributed by atoms with Crippen LogP contribution in [0.1, 0.15) is 38.5 Å². The zero-order valence-electron chi connectivity index (χ0n) is 5.56. The normalized spacial score (nSPS) is 20.2. The first kappa shape index (κ1) is 9.16. The summed E-state index contributed by atoms with van der Waals surface area (Å²) in [6.07, 6.45) is 7.36. The summed E-state index contributed by atoms with van der Waals surface area (Å²) >= 11 is 0. The summed E-state index contributed by atoms with van der Waals surface area (Å²) in [5.74, 6) is 0. The van der Waals surface area contributed by atoms with Crippen molar-refractivity contribution in [1.82, 2.24) is 0 Å². The SMILES string of the molecule is N=C1CCCCCC1.[Ni]. The van der Waals surface area contributed by atoms with E-state index in [1.54, 1.807) is 0 Å². The Hall–Kier alpha value is 0.164. The molecule has 1 saturated carbocycles. The molecular weight excluding hydrogens is 157 g/mol. The molecule has 0 spiro atoms. The van der Waals surface area contributed by atoms with Crippen LogP contribution in [0.25, 0.3) is 0 Å². The van der Waals surface area contributed by atoms with E-state index in [0.717, 1.165) is 18.6 Å². The number of hydrogen-bond donors (Lipinski definition) is 1. The second-order valence-electron chi connectivity index (χ2n) is 2.52. The molecule has 0 unspecified atom stereocenters. The van der Waals surface area contributed by atoms with Crippen LogP contribution in [0.5, 0.6) is 0 Å². The van der Waals surface area contributed by atoms with Crippen molar-refractivity contribution in [2.75, 3.05) is 0 Å². The number of hydrogen-bond acceptors (Lipinski definition) is 1. The standard InChI is InChI=1S/C7H13N.Ni/c8-7-5-3-1-2-4-6-7;/h8H,1-6H2;. The summed E-state index contributed by atoms with van der Waals surface area (Å²) in [5, 5.41) is 7.33. The maximum absolute atomic E-state index is 7.33. The Bertz CT molecular complexity index is 80.9. The van der Waals surface area contributed by atoms with Crippen molar-refractivity contribution in [2.24, 2.45) is 0 Å². The summed E-state index contributed by atoms with van der Waals surface area (Å²) in [6.45, 7) is 0. The third-order valence-corrected chi connectivity index (χ3v) is 1.71. The van der Waals surface area contributed by atoms with E-state index in [0.29, 0.717) is 0 Å². The van der Waals surface area contributed by atoms with Gasteiger partial charge in [0, 0.05) is 22.2 Å². The topological polar surface area (TPSA) is 23.9 Å². The minimum Gasteiger partial charge on any atom is -0.310 e. The van der Waals surface area contributed by atoms with Crippen molar-refractivity contribution in [2.45, 2.75) is 38.5 Å². The first-order valence-electron chi connectivity index (χ1n) is 3.46. The Balaban J connectivity index is 0.000000640. The minimum absolute atomic E-state index is 0. The van der Waals surface area contributed by atoms with Crippen molar-refractivity contribution in [3.05, 3.63) is 0 Å². The van der Waals surface area contributed by atoms with Gasteiger partial charge in [0.1, 0.15) is 0 Å². The number of rotatable bonds is 0. The third-order valence-electron chi connectivity index (χ3n) is 1.71. The molecule has 56 valence electrons. The van der Waals surface area contributed by atoms with Crippen molar-refractivity contribution >= 4 is 5.71 Å². The number of nitrogens with one attached hydrogen (secondary N) is 1. The molecule has 0 aromatic rings. The van der Waals surface area contributed by atoms with Crippen LogP contribution in [-0.2, 0) is 16.5 Å². The summed E-state index contributed by atoms with van der Waals surface area (Å²) in [5.41, 5.74) is 0.975. The molecule has 0 aliphatic heterocycles. The van der Waals surface area contributed by atoms with Crippen LogP contribution in [0.3, 0.4) is 0 Å². The molecule has 0 saturated heterocycles. The monoisotopic (exact) mass is 169 g/mol. The Labute approximate surface area is 66.7 Å². The van der Waals surface area contributed by atoms with Gasteiger partial charge in [-0.05, 0) is 25.7 Å². The quantitative estimate of drug-likeness (QED) is 0.426. The molecular formula is C7H13NNi. The molecule has 2 heteroatoms. The average Bonchev–Trinajstić information content (AvgIpc) is 1.94. The largest absolute Gasteiger partial charge is 0.310 e. The van der Waals surface area contributed by atoms with Gasteiger partial charge in [0.15, 0.2) is 0 Å². The van der Waals surface area contributed by atoms with Gasteiger partial charge in [0.05, 0.1) is 0 Å². The molecule has 0 heterocycles. The summed E-state index contributed by atoms with van der Waals surface area (Å²) < 4.78 is 0. The van der Waals surface area contributed by atoms with Gasteiger partial charge in [0.25, 0.3) is 0 Å². The Morgan fingerprint density at radius 1 is 0.889 bits per heavy atom. The van der Waals surface area contributed by atoms with E-state index in [9.17, 15) is 0 Å². The van der Waals surface area contributed by atoms with Gasteiger partial charge in [-0.3, -0.25) is 0 Å². The van der Waals surface area contributed by atoms with Crippen molar-refractivity contribution in [1.29, 1.82) is 5.41 Å². The van der Waals surface area contributed by atoms with Gasteiger partial charge < -0.3 is 5.41 Å². The summed E-state index contributed by atoms with van der Waals surface area (Å²) in [7, 11) is 0. The molecule has 0 atom stereocenters. The molecule has 1 aliphatic rings. The first-order chi connectivity index (χ1) is 3.89. The van der Waals surface area contributed by atoms with Gasteiger partial charge in [-0.25, -0.2) is 0 Å². The van der Waals surface area contributed by atoms with E-state index in [1.807, 2.05) is 0 Å². The summed E-state index contributed by atoms with van der Waals surface area (Å²) in [4.78, 5) is 0. The zero-order valence-corrected chi connectivity index (χ0v) is 6.55. The van der Waals surface area contributed by atoms with Gasteiger partial charge in [-0.15, -0.1) is 0 Å². The van der Waals surface area contributed by atoms with E-state index in [-0.39, 0.29) is 16.5 Å². The molecule has 1 fully saturated rings. The smallest absolute Gasteiger partial charge is 0.00891 e. The van der Waals surface area contributed by atoms with Gasteiger partial charge in [-0.1, -0.05) is 12.8 Å². The maximum atomic E-state index is 7.33. The molecule has 1 N–H and O–H groups in total. The van der Waals surface area contributed by atoms with Crippen LogP contribution in [0, 0.1) is 5.41 Å². The summed E-state index contributed by atoms with van der Waals surface area (Å²) in [6, 6.07) is 0. The predicted octanol–water partition coefficient (Wildman–Crippen LogP) is 2.36. The van der Waals surface area contributed by atoms with E-state index >= 15 is 0 Å². The van der Waals surface area contributed by atoms with Crippen LogP contribution >= 0.6 is 0 Å². The van der Waals surface area contributed by atoms with E-state index < -0.39 is 0 Å². The van der Waals surface area contributed by atoms with Crippen molar-refractivity contribution in [3.63, 3.8) is 0 Å². The maximum Gasteiger partial charge on any atom is 0.00891 e. The molecule has 0 bridgehead atoms. The average molecular weight is 170 g/mol. The second kappa shape index (κ2) is 4.99. The van der Waals surface area contributed by atoms with E-state index in [2.05, 4.69) is 0 Å². The molecule has 1 rings (SSSR count). The Kier molecular flexibility index (Phi) is 5.08.